The molecule has 0 aliphatic carbocycles. The summed E-state index contributed by atoms with van der Waals surface area (Å²) in [7, 11) is 0. The molecule has 4 rings (SSSR count). The van der Waals surface area contributed by atoms with E-state index in [0.717, 1.165) is 31.1 Å². The van der Waals surface area contributed by atoms with Crippen LogP contribution in [0.5, 0.6) is 0 Å². The number of nitrogens with one attached hydrogen (secondary N) is 1. The number of amides is 2. The van der Waals surface area contributed by atoms with Gasteiger partial charge in [0, 0.05) is 44.9 Å². The van der Waals surface area contributed by atoms with Crippen molar-refractivity contribution in [2.75, 3.05) is 55.8 Å². The van der Waals surface area contributed by atoms with Crippen LogP contribution in [0.25, 0.3) is 0 Å². The summed E-state index contributed by atoms with van der Waals surface area (Å²) in [6, 6.07) is 6.64. The molecule has 3 aliphatic rings. The molecule has 8 heteroatoms. The van der Waals surface area contributed by atoms with Crippen LogP contribution in [0.1, 0.15) is 12.8 Å². The van der Waals surface area contributed by atoms with E-state index in [1.165, 1.54) is 6.07 Å². The molecule has 1 unspecified atom stereocenters. The molecule has 0 bridgehead atoms. The minimum atomic E-state index is -0.216. The zero-order chi connectivity index (χ0) is 19.5. The van der Waals surface area contributed by atoms with Crippen LogP contribution in [0.2, 0.25) is 0 Å². The van der Waals surface area contributed by atoms with Crippen LogP contribution in [0.3, 0.4) is 0 Å². The summed E-state index contributed by atoms with van der Waals surface area (Å²) < 4.78 is 14.0. The largest absolute Gasteiger partial charge is 0.366 e. The number of nitrogens with zero attached hydrogens (tertiary/aromatic N) is 3. The molecule has 6 nitrogen and oxygen atoms in total. The standard InChI is InChI=1S/C20H27FN4O2S/c21-16-3-1-2-4-18(16)23-5-7-24(8-6-23)19(26)12-15-11-17(22-13-15)20(27)25-9-10-28-14-25/h1-4,15,17,22H,5-14H2/t15?,17-/m0/s1. The first-order valence-corrected chi connectivity index (χ1v) is 11.1. The van der Waals surface area contributed by atoms with Crippen molar-refractivity contribution in [2.45, 2.75) is 18.9 Å². The molecule has 28 heavy (non-hydrogen) atoms. The molecule has 2 atom stereocenters. The van der Waals surface area contributed by atoms with Gasteiger partial charge in [-0.05, 0) is 31.0 Å². The fourth-order valence-corrected chi connectivity index (χ4v) is 5.20. The van der Waals surface area contributed by atoms with E-state index in [1.807, 2.05) is 20.8 Å². The quantitative estimate of drug-likeness (QED) is 0.819. The third kappa shape index (κ3) is 4.27. The van der Waals surface area contributed by atoms with Crippen molar-refractivity contribution in [1.82, 2.24) is 15.1 Å². The van der Waals surface area contributed by atoms with E-state index in [1.54, 1.807) is 23.9 Å². The average Bonchev–Trinajstić information content (AvgIpc) is 3.40. The number of hydrogen-bond acceptors (Lipinski definition) is 5. The van der Waals surface area contributed by atoms with Gasteiger partial charge in [0.15, 0.2) is 0 Å². The maximum atomic E-state index is 14.0. The van der Waals surface area contributed by atoms with Crippen molar-refractivity contribution in [2.24, 2.45) is 5.92 Å². The van der Waals surface area contributed by atoms with Gasteiger partial charge in [-0.15, -0.1) is 11.8 Å². The third-order valence-corrected chi connectivity index (χ3v) is 6.84. The van der Waals surface area contributed by atoms with Crippen LogP contribution < -0.4 is 10.2 Å². The fraction of sp³-hybridized carbons (Fsp3) is 0.600. The Balaban J connectivity index is 1.24. The maximum Gasteiger partial charge on any atom is 0.240 e. The van der Waals surface area contributed by atoms with E-state index in [2.05, 4.69) is 5.32 Å². The van der Waals surface area contributed by atoms with Crippen LogP contribution in [0, 0.1) is 11.7 Å². The van der Waals surface area contributed by atoms with E-state index in [-0.39, 0.29) is 29.6 Å². The fourth-order valence-electron chi connectivity index (χ4n) is 4.24. The van der Waals surface area contributed by atoms with Gasteiger partial charge in [-0.1, -0.05) is 12.1 Å². The predicted molar refractivity (Wildman–Crippen MR) is 109 cm³/mol. The number of carbonyl (C=O) groups excluding carboxylic acids is 2. The highest BCUT2D eigenvalue weighted by Gasteiger charge is 2.35. The van der Waals surface area contributed by atoms with Gasteiger partial charge in [-0.25, -0.2) is 4.39 Å². The first-order chi connectivity index (χ1) is 13.6. The van der Waals surface area contributed by atoms with Crippen molar-refractivity contribution >= 4 is 29.3 Å². The van der Waals surface area contributed by atoms with Gasteiger partial charge in [0.25, 0.3) is 0 Å². The zero-order valence-electron chi connectivity index (χ0n) is 16.0. The number of rotatable bonds is 4. The van der Waals surface area contributed by atoms with Crippen LogP contribution >= 0.6 is 11.8 Å². The molecule has 2 amide bonds. The second kappa shape index (κ2) is 8.69. The zero-order valence-corrected chi connectivity index (χ0v) is 16.8. The molecule has 152 valence electrons. The minimum Gasteiger partial charge on any atom is -0.366 e. The van der Waals surface area contributed by atoms with Crippen molar-refractivity contribution in [3.05, 3.63) is 30.1 Å². The van der Waals surface area contributed by atoms with E-state index in [0.29, 0.717) is 38.3 Å². The van der Waals surface area contributed by atoms with Gasteiger partial charge in [-0.3, -0.25) is 9.59 Å². The van der Waals surface area contributed by atoms with Crippen molar-refractivity contribution in [1.29, 1.82) is 0 Å². The summed E-state index contributed by atoms with van der Waals surface area (Å²) in [4.78, 5) is 31.0. The number of hydrogen-bond donors (Lipinski definition) is 1. The normalized spacial score (nSPS) is 25.4. The van der Waals surface area contributed by atoms with Gasteiger partial charge in [-0.2, -0.15) is 0 Å². The number of thioether (sulfide) groups is 1. The summed E-state index contributed by atoms with van der Waals surface area (Å²) >= 11 is 1.79. The number of carbonyl (C=O) groups is 2. The Morgan fingerprint density at radius 1 is 1.11 bits per heavy atom. The Kier molecular flexibility index (Phi) is 6.06. The topological polar surface area (TPSA) is 55.9 Å². The first-order valence-electron chi connectivity index (χ1n) is 9.99. The Labute approximate surface area is 169 Å². The molecule has 3 heterocycles. The highest BCUT2D eigenvalue weighted by Crippen LogP contribution is 2.24. The van der Waals surface area contributed by atoms with E-state index in [4.69, 9.17) is 0 Å². The van der Waals surface area contributed by atoms with Crippen molar-refractivity contribution in [3.8, 4) is 0 Å². The molecule has 3 fully saturated rings. The number of benzene rings is 1. The monoisotopic (exact) mass is 406 g/mol. The Hall–Kier alpha value is -1.80. The molecule has 3 saturated heterocycles. The second-order valence-electron chi connectivity index (χ2n) is 7.72. The molecule has 0 spiro atoms. The van der Waals surface area contributed by atoms with Crippen LogP contribution in [-0.4, -0.2) is 78.6 Å². The molecule has 0 aromatic heterocycles. The molecular weight excluding hydrogens is 379 g/mol. The van der Waals surface area contributed by atoms with Crippen molar-refractivity contribution in [3.63, 3.8) is 0 Å². The molecule has 1 aromatic rings. The lowest BCUT2D eigenvalue weighted by atomic mass is 10.00. The minimum absolute atomic E-state index is 0.143. The lowest BCUT2D eigenvalue weighted by molar-refractivity contribution is -0.133. The van der Waals surface area contributed by atoms with Gasteiger partial charge in [0.2, 0.25) is 11.8 Å². The molecule has 3 aliphatic heterocycles. The van der Waals surface area contributed by atoms with Crippen LogP contribution in [0.4, 0.5) is 10.1 Å². The third-order valence-electron chi connectivity index (χ3n) is 5.87. The number of piperazine rings is 1. The van der Waals surface area contributed by atoms with E-state index in [9.17, 15) is 14.0 Å². The summed E-state index contributed by atoms with van der Waals surface area (Å²) in [6.07, 6.45) is 1.21. The molecule has 1 aromatic carbocycles. The number of para-hydroxylation sites is 1. The second-order valence-corrected chi connectivity index (χ2v) is 8.80. The van der Waals surface area contributed by atoms with E-state index >= 15 is 0 Å². The lowest BCUT2D eigenvalue weighted by Crippen LogP contribution is -2.49. The Morgan fingerprint density at radius 2 is 1.89 bits per heavy atom. The highest BCUT2D eigenvalue weighted by atomic mass is 32.2. The lowest BCUT2D eigenvalue weighted by Gasteiger charge is -2.36. The molecule has 1 N–H and O–H groups in total. The number of anilines is 1. The Bertz CT molecular complexity index is 720. The number of halogens is 1. The van der Waals surface area contributed by atoms with E-state index < -0.39 is 0 Å². The molecule has 0 saturated carbocycles. The summed E-state index contributed by atoms with van der Waals surface area (Å²) in [5.41, 5.74) is 0.607. The SMILES string of the molecule is O=C(CC1CN[C@H](C(=O)N2CCSC2)C1)N1CCN(c2ccccc2F)CC1. The summed E-state index contributed by atoms with van der Waals surface area (Å²) in [6.45, 7) is 4.06. The molecular formula is C20H27FN4O2S. The van der Waals surface area contributed by atoms with Gasteiger partial charge < -0.3 is 20.0 Å². The summed E-state index contributed by atoms with van der Waals surface area (Å²) in [5, 5.41) is 3.31. The predicted octanol–water partition coefficient (Wildman–Crippen LogP) is 1.38. The highest BCUT2D eigenvalue weighted by molar-refractivity contribution is 7.99. The van der Waals surface area contributed by atoms with Crippen molar-refractivity contribution < 1.29 is 14.0 Å². The average molecular weight is 407 g/mol. The maximum absolute atomic E-state index is 14.0. The summed E-state index contributed by atoms with van der Waals surface area (Å²) in [5.74, 6) is 2.11. The molecule has 0 radical (unpaired) electrons. The van der Waals surface area contributed by atoms with Crippen LogP contribution in [-0.2, 0) is 9.59 Å². The smallest absolute Gasteiger partial charge is 0.240 e. The Morgan fingerprint density at radius 3 is 2.61 bits per heavy atom. The van der Waals surface area contributed by atoms with Gasteiger partial charge >= 0.3 is 0 Å². The van der Waals surface area contributed by atoms with Gasteiger partial charge in [0.05, 0.1) is 17.6 Å². The van der Waals surface area contributed by atoms with Crippen LogP contribution in [0.15, 0.2) is 24.3 Å². The van der Waals surface area contributed by atoms with Gasteiger partial charge in [0.1, 0.15) is 5.82 Å². The first kappa shape index (κ1) is 19.5.